The average molecular weight is 709 g/mol. The van der Waals surface area contributed by atoms with Crippen molar-refractivity contribution in [3.05, 3.63) is 134 Å². The van der Waals surface area contributed by atoms with Crippen molar-refractivity contribution in [3.8, 4) is 34.0 Å². The molecule has 0 N–H and O–H groups in total. The maximum Gasteiger partial charge on any atom is 2.00 e. The number of fused-ring (bicyclic) bond motifs is 4. The molecule has 0 aliphatic rings. The summed E-state index contributed by atoms with van der Waals surface area (Å²) in [6.07, 6.45) is 3.77. The van der Waals surface area contributed by atoms with Crippen LogP contribution in [0.3, 0.4) is 0 Å². The molecule has 0 spiro atoms. The Hall–Kier alpha value is -4.73. The Bertz CT molecular complexity index is 2190. The summed E-state index contributed by atoms with van der Waals surface area (Å²) in [5.74, 6) is 0.878. The maximum atomic E-state index is 5.04. The fourth-order valence-electron chi connectivity index (χ4n) is 5.68. The molecule has 0 amide bonds. The Kier molecular flexibility index (Phi) is 6.18. The second kappa shape index (κ2) is 10.0. The van der Waals surface area contributed by atoms with Crippen molar-refractivity contribution in [1.82, 2.24) is 23.9 Å². The van der Waals surface area contributed by atoms with Crippen LogP contribution in [0.5, 0.6) is 0 Å². The molecule has 8 rings (SSSR count). The number of imidazole rings is 1. The van der Waals surface area contributed by atoms with E-state index < -0.39 is 0 Å². The largest absolute Gasteiger partial charge is 2.00 e. The third-order valence-corrected chi connectivity index (χ3v) is 7.51. The average Bonchev–Trinajstić information content (AvgIpc) is 3.70. The fraction of sp³-hybridized carbons (Fsp3) is 0.0286. The van der Waals surface area contributed by atoms with Gasteiger partial charge in [-0.1, -0.05) is 72.2 Å². The molecule has 0 unspecified atom stereocenters. The first kappa shape index (κ1) is 25.3. The predicted octanol–water partition coefficient (Wildman–Crippen LogP) is 7.79. The van der Waals surface area contributed by atoms with E-state index in [4.69, 9.17) is 5.10 Å². The van der Waals surface area contributed by atoms with Crippen LogP contribution >= 0.6 is 0 Å². The van der Waals surface area contributed by atoms with Crippen molar-refractivity contribution >= 4 is 32.7 Å². The van der Waals surface area contributed by atoms with E-state index in [2.05, 4.69) is 119 Å². The molecule has 0 radical (unpaired) electrons. The first-order chi connectivity index (χ1) is 19.8. The summed E-state index contributed by atoms with van der Waals surface area (Å²) in [7, 11) is 2.00. The topological polar surface area (TPSA) is 40.6 Å². The molecule has 0 aliphatic heterocycles. The summed E-state index contributed by atoms with van der Waals surface area (Å²) < 4.78 is 6.28. The van der Waals surface area contributed by atoms with Gasteiger partial charge in [0.1, 0.15) is 0 Å². The molecule has 5 nitrogen and oxygen atoms in total. The van der Waals surface area contributed by atoms with Gasteiger partial charge in [0.2, 0.25) is 0 Å². The van der Waals surface area contributed by atoms with Gasteiger partial charge in [0.25, 0.3) is 0 Å². The molecular formula is C35H23N5Pt. The van der Waals surface area contributed by atoms with Crippen LogP contribution in [0, 0.1) is 12.1 Å². The van der Waals surface area contributed by atoms with Gasteiger partial charge < -0.3 is 9.13 Å². The fourth-order valence-corrected chi connectivity index (χ4v) is 5.68. The summed E-state index contributed by atoms with van der Waals surface area (Å²) >= 11 is 0. The first-order valence-corrected chi connectivity index (χ1v) is 13.3. The Balaban J connectivity index is 0.00000276. The van der Waals surface area contributed by atoms with Gasteiger partial charge in [0, 0.05) is 35.9 Å². The summed E-state index contributed by atoms with van der Waals surface area (Å²) in [5, 5.41) is 8.45. The van der Waals surface area contributed by atoms with Gasteiger partial charge in [-0.3, -0.25) is 9.67 Å². The minimum Gasteiger partial charge on any atom is -0.373 e. The van der Waals surface area contributed by atoms with Gasteiger partial charge >= 0.3 is 21.1 Å². The van der Waals surface area contributed by atoms with Crippen LogP contribution in [-0.4, -0.2) is 23.9 Å². The standard InChI is InChI=1S/C35H23N5.Pt/c1-38-21-20-36-35(38)25-12-9-13-26(22-25)39-32-17-8-6-14-28(32)29-19-18-27(23-33(29)39)40-34(24-10-3-2-4-11-24)30-15-5-7-16-31(30)37-40;/h2-21H,1H3;/q-2;+2. The summed E-state index contributed by atoms with van der Waals surface area (Å²) in [5.41, 5.74) is 7.96. The Morgan fingerprint density at radius 2 is 1.44 bits per heavy atom. The van der Waals surface area contributed by atoms with Crippen molar-refractivity contribution in [1.29, 1.82) is 0 Å². The van der Waals surface area contributed by atoms with E-state index in [0.717, 1.165) is 61.3 Å². The van der Waals surface area contributed by atoms with E-state index >= 15 is 0 Å². The predicted molar refractivity (Wildman–Crippen MR) is 161 cm³/mol. The number of hydrogen-bond donors (Lipinski definition) is 0. The van der Waals surface area contributed by atoms with Crippen molar-refractivity contribution in [2.45, 2.75) is 0 Å². The number of aryl methyl sites for hydroxylation is 1. The zero-order valence-electron chi connectivity index (χ0n) is 22.1. The Morgan fingerprint density at radius 3 is 2.27 bits per heavy atom. The van der Waals surface area contributed by atoms with Crippen molar-refractivity contribution < 1.29 is 21.1 Å². The second-order valence-electron chi connectivity index (χ2n) is 9.91. The van der Waals surface area contributed by atoms with Crippen LogP contribution in [0.15, 0.2) is 122 Å². The molecule has 6 heteroatoms. The Labute approximate surface area is 251 Å². The third kappa shape index (κ3) is 4.04. The molecule has 198 valence electrons. The monoisotopic (exact) mass is 708 g/mol. The summed E-state index contributed by atoms with van der Waals surface area (Å²) in [4.78, 5) is 4.55. The number of aromatic nitrogens is 5. The normalized spacial score (nSPS) is 11.3. The smallest absolute Gasteiger partial charge is 0.373 e. The van der Waals surface area contributed by atoms with Crippen molar-refractivity contribution in [3.63, 3.8) is 0 Å². The van der Waals surface area contributed by atoms with E-state index in [9.17, 15) is 0 Å². The van der Waals surface area contributed by atoms with Gasteiger partial charge in [-0.2, -0.15) is 11.2 Å². The summed E-state index contributed by atoms with van der Waals surface area (Å²) in [6, 6.07) is 45.1. The molecule has 0 saturated carbocycles. The quantitative estimate of drug-likeness (QED) is 0.175. The van der Waals surface area contributed by atoms with E-state index in [0.29, 0.717) is 0 Å². The number of para-hydroxylation sites is 1. The van der Waals surface area contributed by atoms with Crippen LogP contribution in [0.25, 0.3) is 66.7 Å². The van der Waals surface area contributed by atoms with Crippen LogP contribution in [0.1, 0.15) is 0 Å². The minimum atomic E-state index is 0. The van der Waals surface area contributed by atoms with Crippen LogP contribution in [0.2, 0.25) is 0 Å². The van der Waals surface area contributed by atoms with E-state index in [-0.39, 0.29) is 21.1 Å². The molecule has 5 aromatic carbocycles. The van der Waals surface area contributed by atoms with Gasteiger partial charge in [0.15, 0.2) is 0 Å². The number of rotatable bonds is 4. The van der Waals surface area contributed by atoms with Crippen molar-refractivity contribution in [2.24, 2.45) is 7.05 Å². The molecular weight excluding hydrogens is 685 g/mol. The molecule has 0 atom stereocenters. The van der Waals surface area contributed by atoms with Crippen molar-refractivity contribution in [2.75, 3.05) is 0 Å². The number of hydrogen-bond acceptors (Lipinski definition) is 2. The Morgan fingerprint density at radius 1 is 0.659 bits per heavy atom. The van der Waals surface area contributed by atoms with Gasteiger partial charge in [0.05, 0.1) is 17.0 Å². The van der Waals surface area contributed by atoms with Gasteiger partial charge in [-0.05, 0) is 28.9 Å². The maximum absolute atomic E-state index is 5.04. The SMILES string of the molecule is Cn1ccnc1-c1[c-]c(-n2c3[c-]c(-n4nc5ccccc5c4-c4ccccc4)ccc3c3ccccc32)ccc1.[Pt+2]. The first-order valence-electron chi connectivity index (χ1n) is 13.3. The van der Waals surface area contributed by atoms with Crippen LogP contribution in [0.4, 0.5) is 0 Å². The number of benzene rings is 5. The summed E-state index contributed by atoms with van der Waals surface area (Å²) in [6.45, 7) is 0. The molecule has 3 heterocycles. The third-order valence-electron chi connectivity index (χ3n) is 7.51. The minimum absolute atomic E-state index is 0. The van der Waals surface area contributed by atoms with Crippen LogP contribution in [-0.2, 0) is 28.1 Å². The van der Waals surface area contributed by atoms with Gasteiger partial charge in [-0.15, -0.1) is 47.3 Å². The van der Waals surface area contributed by atoms with E-state index in [1.165, 1.54) is 5.39 Å². The molecule has 0 aliphatic carbocycles. The molecule has 0 fully saturated rings. The number of nitrogens with zero attached hydrogens (tertiary/aromatic N) is 5. The van der Waals surface area contributed by atoms with Crippen LogP contribution < -0.4 is 0 Å². The molecule has 0 bridgehead atoms. The van der Waals surface area contributed by atoms with E-state index in [1.807, 2.05) is 40.8 Å². The molecule has 8 aromatic rings. The van der Waals surface area contributed by atoms with Gasteiger partial charge in [-0.25, -0.2) is 0 Å². The molecule has 0 saturated heterocycles. The van der Waals surface area contributed by atoms with E-state index in [1.54, 1.807) is 0 Å². The second-order valence-corrected chi connectivity index (χ2v) is 9.91. The zero-order valence-corrected chi connectivity index (χ0v) is 24.4. The molecule has 3 aromatic heterocycles. The zero-order chi connectivity index (χ0) is 26.6. The molecule has 41 heavy (non-hydrogen) atoms.